The zero-order chi connectivity index (χ0) is 25.4. The molecule has 3 rings (SSSR count). The Labute approximate surface area is 224 Å². The Morgan fingerprint density at radius 2 is 1.77 bits per heavy atom. The van der Waals surface area contributed by atoms with Crippen LogP contribution in [0.4, 0.5) is 5.69 Å². The normalized spacial score (nSPS) is 17.3. The molecular formula is C27H37IN2O4S. The molecule has 1 aliphatic heterocycles. The number of hydrogen-bond acceptors (Lipinski definition) is 5. The minimum atomic E-state index is -3.65. The standard InChI is InChI=1S/C27H37IN2O4S/c1-4-21(13-9-7-6-8-10-16-26(31)34-5-2)29-27-22-14-11-12-15-24(22)30(3)35(32,33)25-19-20(28)17-18-23(25)27/h11-12,14-15,17-19,21,27,29H,4-10,13,16H2,1-3H3. The molecule has 0 saturated heterocycles. The first-order chi connectivity index (χ1) is 16.8. The minimum absolute atomic E-state index is 0.103. The Hall–Kier alpha value is -1.65. The first-order valence-electron chi connectivity index (χ1n) is 12.6. The van der Waals surface area contributed by atoms with Gasteiger partial charge >= 0.3 is 5.97 Å². The molecule has 2 unspecified atom stereocenters. The van der Waals surface area contributed by atoms with Crippen molar-refractivity contribution in [1.82, 2.24) is 5.32 Å². The van der Waals surface area contributed by atoms with Crippen molar-refractivity contribution >= 4 is 44.3 Å². The van der Waals surface area contributed by atoms with Crippen LogP contribution in [0.3, 0.4) is 0 Å². The molecule has 0 fully saturated rings. The molecule has 0 amide bonds. The van der Waals surface area contributed by atoms with Gasteiger partial charge in [-0.3, -0.25) is 9.10 Å². The van der Waals surface area contributed by atoms with E-state index in [4.69, 9.17) is 4.74 Å². The van der Waals surface area contributed by atoms with Gasteiger partial charge in [-0.05, 0) is 78.1 Å². The summed E-state index contributed by atoms with van der Waals surface area (Å²) in [5, 5.41) is 3.81. The Kier molecular flexibility index (Phi) is 10.4. The van der Waals surface area contributed by atoms with Crippen LogP contribution in [0, 0.1) is 3.57 Å². The van der Waals surface area contributed by atoms with Gasteiger partial charge in [0.25, 0.3) is 10.0 Å². The summed E-state index contributed by atoms with van der Waals surface area (Å²) in [6.07, 6.45) is 7.72. The molecule has 2 atom stereocenters. The van der Waals surface area contributed by atoms with Crippen LogP contribution in [0.25, 0.3) is 0 Å². The number of sulfonamides is 1. The third kappa shape index (κ3) is 6.98. The number of hydrogen-bond donors (Lipinski definition) is 1. The highest BCUT2D eigenvalue weighted by Gasteiger charge is 2.35. The number of benzene rings is 2. The van der Waals surface area contributed by atoms with Gasteiger partial charge in [0.2, 0.25) is 0 Å². The van der Waals surface area contributed by atoms with E-state index in [2.05, 4.69) is 34.8 Å². The van der Waals surface area contributed by atoms with Crippen molar-refractivity contribution in [2.24, 2.45) is 0 Å². The van der Waals surface area contributed by atoms with Gasteiger partial charge in [0.1, 0.15) is 0 Å². The quantitative estimate of drug-likeness (QED) is 0.176. The van der Waals surface area contributed by atoms with Crippen LogP contribution in [-0.4, -0.2) is 34.1 Å². The summed E-state index contributed by atoms with van der Waals surface area (Å²) in [5.74, 6) is -0.103. The van der Waals surface area contributed by atoms with E-state index in [0.29, 0.717) is 23.6 Å². The first kappa shape index (κ1) is 27.9. The van der Waals surface area contributed by atoms with Gasteiger partial charge in [-0.25, -0.2) is 8.42 Å². The molecule has 1 heterocycles. The highest BCUT2D eigenvalue weighted by Crippen LogP contribution is 2.40. The lowest BCUT2D eigenvalue weighted by molar-refractivity contribution is -0.143. The Bertz CT molecular complexity index is 1110. The highest BCUT2D eigenvalue weighted by molar-refractivity contribution is 14.1. The number of rotatable bonds is 12. The number of esters is 1. The number of nitrogens with one attached hydrogen (secondary N) is 1. The molecular weight excluding hydrogens is 575 g/mol. The number of para-hydroxylation sites is 1. The average Bonchev–Trinajstić information content (AvgIpc) is 2.91. The predicted octanol–water partition coefficient (Wildman–Crippen LogP) is 6.18. The van der Waals surface area contributed by atoms with E-state index in [1.807, 2.05) is 43.3 Å². The summed E-state index contributed by atoms with van der Waals surface area (Å²) in [6.45, 7) is 4.46. The van der Waals surface area contributed by atoms with E-state index < -0.39 is 10.0 Å². The number of anilines is 1. The van der Waals surface area contributed by atoms with Crippen LogP contribution in [0.1, 0.15) is 82.4 Å². The van der Waals surface area contributed by atoms with Crippen LogP contribution in [0.15, 0.2) is 47.4 Å². The second-order valence-electron chi connectivity index (χ2n) is 9.03. The van der Waals surface area contributed by atoms with Gasteiger partial charge in [0.05, 0.1) is 23.2 Å². The molecule has 0 bridgehead atoms. The van der Waals surface area contributed by atoms with Crippen molar-refractivity contribution in [2.45, 2.75) is 82.2 Å². The summed E-state index contributed by atoms with van der Waals surface area (Å²) in [6, 6.07) is 13.6. The van der Waals surface area contributed by atoms with E-state index in [1.165, 1.54) is 4.31 Å². The lowest BCUT2D eigenvalue weighted by Crippen LogP contribution is -2.33. The second kappa shape index (κ2) is 13.1. The summed E-state index contributed by atoms with van der Waals surface area (Å²) in [4.78, 5) is 11.8. The first-order valence-corrected chi connectivity index (χ1v) is 15.1. The Morgan fingerprint density at radius 1 is 1.06 bits per heavy atom. The monoisotopic (exact) mass is 612 g/mol. The number of carbonyl (C=O) groups excluding carboxylic acids is 1. The molecule has 2 aromatic rings. The molecule has 2 aromatic carbocycles. The molecule has 6 nitrogen and oxygen atoms in total. The van der Waals surface area contributed by atoms with Gasteiger partial charge < -0.3 is 10.1 Å². The second-order valence-corrected chi connectivity index (χ2v) is 12.2. The SMILES string of the molecule is CCOC(=O)CCCCCCCC(CC)NC1c2ccccc2N(C)S(=O)(=O)c2cc(I)ccc21. The molecule has 0 spiro atoms. The van der Waals surface area contributed by atoms with Crippen molar-refractivity contribution in [1.29, 1.82) is 0 Å². The zero-order valence-corrected chi connectivity index (χ0v) is 23.9. The number of nitrogens with zero attached hydrogens (tertiary/aromatic N) is 1. The van der Waals surface area contributed by atoms with Gasteiger partial charge in [-0.2, -0.15) is 0 Å². The minimum Gasteiger partial charge on any atom is -0.466 e. The summed E-state index contributed by atoms with van der Waals surface area (Å²) in [7, 11) is -2.01. The lowest BCUT2D eigenvalue weighted by atomic mass is 9.94. The van der Waals surface area contributed by atoms with Gasteiger partial charge in [-0.15, -0.1) is 0 Å². The maximum Gasteiger partial charge on any atom is 0.305 e. The molecule has 0 saturated carbocycles. The van der Waals surface area contributed by atoms with Crippen LogP contribution in [0.2, 0.25) is 0 Å². The van der Waals surface area contributed by atoms with E-state index >= 15 is 0 Å². The predicted molar refractivity (Wildman–Crippen MR) is 149 cm³/mol. The van der Waals surface area contributed by atoms with Crippen LogP contribution < -0.4 is 9.62 Å². The molecule has 8 heteroatoms. The van der Waals surface area contributed by atoms with Gasteiger partial charge in [-0.1, -0.05) is 56.9 Å². The molecule has 1 aliphatic rings. The molecule has 0 radical (unpaired) electrons. The van der Waals surface area contributed by atoms with E-state index in [9.17, 15) is 13.2 Å². The molecule has 0 aromatic heterocycles. The largest absolute Gasteiger partial charge is 0.466 e. The third-order valence-corrected chi connectivity index (χ3v) is 9.14. The lowest BCUT2D eigenvalue weighted by Gasteiger charge is -2.27. The fourth-order valence-electron chi connectivity index (χ4n) is 4.68. The molecule has 1 N–H and O–H groups in total. The van der Waals surface area contributed by atoms with Crippen LogP contribution >= 0.6 is 22.6 Å². The number of unbranched alkanes of at least 4 members (excludes halogenated alkanes) is 4. The highest BCUT2D eigenvalue weighted by atomic mass is 127. The summed E-state index contributed by atoms with van der Waals surface area (Å²) < 4.78 is 34.3. The smallest absolute Gasteiger partial charge is 0.305 e. The molecule has 192 valence electrons. The summed E-state index contributed by atoms with van der Waals surface area (Å²) >= 11 is 2.17. The van der Waals surface area contributed by atoms with Gasteiger partial charge in [0.15, 0.2) is 0 Å². The topological polar surface area (TPSA) is 75.7 Å². The van der Waals surface area contributed by atoms with Gasteiger partial charge in [0, 0.05) is 23.1 Å². The summed E-state index contributed by atoms with van der Waals surface area (Å²) in [5.41, 5.74) is 2.50. The number of ether oxygens (including phenoxy) is 1. The Morgan fingerprint density at radius 3 is 2.51 bits per heavy atom. The zero-order valence-electron chi connectivity index (χ0n) is 20.9. The van der Waals surface area contributed by atoms with Crippen molar-refractivity contribution in [3.05, 3.63) is 57.2 Å². The maximum atomic E-state index is 13.5. The fraction of sp³-hybridized carbons (Fsp3) is 0.519. The number of carbonyl (C=O) groups is 1. The molecule has 0 aliphatic carbocycles. The maximum absolute atomic E-state index is 13.5. The Balaban J connectivity index is 1.70. The van der Waals surface area contributed by atoms with Crippen molar-refractivity contribution in [2.75, 3.05) is 18.0 Å². The number of fused-ring (bicyclic) bond motifs is 2. The van der Waals surface area contributed by atoms with E-state index in [0.717, 1.165) is 59.6 Å². The fourth-order valence-corrected chi connectivity index (χ4v) is 6.86. The molecule has 35 heavy (non-hydrogen) atoms. The van der Waals surface area contributed by atoms with E-state index in [1.54, 1.807) is 13.1 Å². The average molecular weight is 613 g/mol. The van der Waals surface area contributed by atoms with E-state index in [-0.39, 0.29) is 18.1 Å². The van der Waals surface area contributed by atoms with Crippen molar-refractivity contribution < 1.29 is 17.9 Å². The van der Waals surface area contributed by atoms with Crippen LogP contribution in [-0.2, 0) is 19.6 Å². The third-order valence-electron chi connectivity index (χ3n) is 6.65. The van der Waals surface area contributed by atoms with Crippen LogP contribution in [0.5, 0.6) is 0 Å². The van der Waals surface area contributed by atoms with Crippen molar-refractivity contribution in [3.63, 3.8) is 0 Å². The van der Waals surface area contributed by atoms with Crippen molar-refractivity contribution in [3.8, 4) is 0 Å². The number of halogens is 1.